The topological polar surface area (TPSA) is 68.3 Å². The molecule has 1 aliphatic rings. The van der Waals surface area contributed by atoms with Gasteiger partial charge in [-0.05, 0) is 31.9 Å². The normalized spacial score (nSPS) is 21.5. The van der Waals surface area contributed by atoms with Crippen molar-refractivity contribution in [2.45, 2.75) is 31.8 Å². The Kier molecular flexibility index (Phi) is 3.28. The summed E-state index contributed by atoms with van der Waals surface area (Å²) in [4.78, 5) is 25.6. The average Bonchev–Trinajstić information content (AvgIpc) is 2.97. The molecule has 5 heteroatoms. The summed E-state index contributed by atoms with van der Waals surface area (Å²) in [6.45, 7) is 2.27. The number of amides is 1. The quantitative estimate of drug-likeness (QED) is 0.810. The van der Waals surface area contributed by atoms with Gasteiger partial charge in [0.15, 0.2) is 0 Å². The average molecular weight is 235 g/mol. The van der Waals surface area contributed by atoms with Crippen molar-refractivity contribution in [3.8, 4) is 0 Å². The van der Waals surface area contributed by atoms with Gasteiger partial charge in [-0.3, -0.25) is 14.2 Å². The molecule has 1 aliphatic heterocycles. The van der Waals surface area contributed by atoms with Crippen molar-refractivity contribution < 1.29 is 9.59 Å². The Morgan fingerprint density at radius 3 is 2.59 bits per heavy atom. The van der Waals surface area contributed by atoms with Crippen molar-refractivity contribution in [1.29, 1.82) is 0 Å². The van der Waals surface area contributed by atoms with Gasteiger partial charge >= 0.3 is 0 Å². The van der Waals surface area contributed by atoms with Crippen molar-refractivity contribution in [2.75, 3.05) is 6.54 Å². The maximum absolute atomic E-state index is 12.2. The summed E-state index contributed by atoms with van der Waals surface area (Å²) in [5.74, 6) is -0.200. The molecule has 1 aromatic heterocycles. The minimum atomic E-state index is -0.548. The Morgan fingerprint density at radius 1 is 1.35 bits per heavy atom. The van der Waals surface area contributed by atoms with Crippen LogP contribution in [0.1, 0.15) is 24.6 Å². The molecule has 2 atom stereocenters. The van der Waals surface area contributed by atoms with Crippen LogP contribution in [0.2, 0.25) is 0 Å². The van der Waals surface area contributed by atoms with E-state index in [1.54, 1.807) is 36.4 Å². The molecule has 1 aromatic rings. The van der Waals surface area contributed by atoms with Crippen molar-refractivity contribution in [3.63, 3.8) is 0 Å². The summed E-state index contributed by atoms with van der Waals surface area (Å²) in [5, 5.41) is 0. The fourth-order valence-electron chi connectivity index (χ4n) is 2.20. The Labute approximate surface area is 100 Å². The van der Waals surface area contributed by atoms with Crippen LogP contribution in [0.15, 0.2) is 24.5 Å². The van der Waals surface area contributed by atoms with E-state index in [9.17, 15) is 9.59 Å². The molecule has 2 N–H and O–H groups in total. The number of nitrogens with two attached hydrogens (primary N) is 1. The smallest absolute Gasteiger partial charge is 0.253 e. The maximum Gasteiger partial charge on any atom is 0.253 e. The predicted octanol–water partition coefficient (Wildman–Crippen LogP) is 0.466. The van der Waals surface area contributed by atoms with Crippen LogP contribution in [0.4, 0.5) is 0 Å². The van der Waals surface area contributed by atoms with Crippen LogP contribution in [0.5, 0.6) is 0 Å². The third kappa shape index (κ3) is 2.24. The third-order valence-corrected chi connectivity index (χ3v) is 3.07. The van der Waals surface area contributed by atoms with Crippen LogP contribution in [-0.4, -0.2) is 39.9 Å². The van der Waals surface area contributed by atoms with E-state index < -0.39 is 6.04 Å². The zero-order valence-electron chi connectivity index (χ0n) is 9.87. The van der Waals surface area contributed by atoms with E-state index in [2.05, 4.69) is 0 Å². The molecule has 0 aromatic carbocycles. The molecule has 2 heterocycles. The molecular formula is C12H17N3O2. The lowest BCUT2D eigenvalue weighted by atomic mass is 10.2. The molecule has 92 valence electrons. The molecule has 2 rings (SSSR count). The zero-order chi connectivity index (χ0) is 12.4. The first kappa shape index (κ1) is 11.9. The highest BCUT2D eigenvalue weighted by atomic mass is 16.2. The van der Waals surface area contributed by atoms with E-state index in [0.29, 0.717) is 6.54 Å². The fourth-order valence-corrected chi connectivity index (χ4v) is 2.20. The SMILES string of the molecule is C[C@H](N)C(=O)N1CCC[C@@H]1C(=O)n1cccc1. The molecule has 0 unspecified atom stereocenters. The number of carbonyl (C=O) groups excluding carboxylic acids is 2. The number of hydrogen-bond acceptors (Lipinski definition) is 3. The summed E-state index contributed by atoms with van der Waals surface area (Å²) < 4.78 is 1.53. The van der Waals surface area contributed by atoms with Gasteiger partial charge in [0.1, 0.15) is 6.04 Å². The van der Waals surface area contributed by atoms with E-state index in [4.69, 9.17) is 5.73 Å². The Hall–Kier alpha value is -1.62. The number of rotatable bonds is 2. The highest BCUT2D eigenvalue weighted by Gasteiger charge is 2.35. The molecular weight excluding hydrogens is 218 g/mol. The predicted molar refractivity (Wildman–Crippen MR) is 63.4 cm³/mol. The van der Waals surface area contributed by atoms with Crippen molar-refractivity contribution in [2.24, 2.45) is 5.73 Å². The summed E-state index contributed by atoms with van der Waals surface area (Å²) in [6.07, 6.45) is 4.98. The molecule has 0 spiro atoms. The number of aromatic nitrogens is 1. The number of likely N-dealkylation sites (tertiary alicyclic amines) is 1. The van der Waals surface area contributed by atoms with Gasteiger partial charge in [0.25, 0.3) is 5.91 Å². The molecule has 0 bridgehead atoms. The lowest BCUT2D eigenvalue weighted by Crippen LogP contribution is -2.48. The molecule has 1 amide bonds. The summed E-state index contributed by atoms with van der Waals surface area (Å²) in [5.41, 5.74) is 5.59. The van der Waals surface area contributed by atoms with Crippen LogP contribution in [0.3, 0.4) is 0 Å². The Morgan fingerprint density at radius 2 is 2.00 bits per heavy atom. The standard InChI is InChI=1S/C12H17N3O2/c1-9(13)11(16)15-8-4-5-10(15)12(17)14-6-2-3-7-14/h2-3,6-7,9-10H,4-5,8,13H2,1H3/t9-,10+/m0/s1. The minimum absolute atomic E-state index is 0.0542. The van der Waals surface area contributed by atoms with Crippen LogP contribution in [0.25, 0.3) is 0 Å². The second-order valence-corrected chi connectivity index (χ2v) is 4.41. The summed E-state index contributed by atoms with van der Waals surface area (Å²) >= 11 is 0. The van der Waals surface area contributed by atoms with Crippen molar-refractivity contribution in [1.82, 2.24) is 9.47 Å². The highest BCUT2D eigenvalue weighted by molar-refractivity contribution is 5.91. The van der Waals surface area contributed by atoms with Gasteiger partial charge in [-0.25, -0.2) is 0 Å². The van der Waals surface area contributed by atoms with Crippen LogP contribution in [0, 0.1) is 0 Å². The second-order valence-electron chi connectivity index (χ2n) is 4.41. The fraction of sp³-hybridized carbons (Fsp3) is 0.500. The number of nitrogens with zero attached hydrogens (tertiary/aromatic N) is 2. The van der Waals surface area contributed by atoms with E-state index in [1.165, 1.54) is 4.57 Å². The monoisotopic (exact) mass is 235 g/mol. The van der Waals surface area contributed by atoms with Gasteiger partial charge < -0.3 is 10.6 Å². The third-order valence-electron chi connectivity index (χ3n) is 3.07. The Balaban J connectivity index is 2.15. The van der Waals surface area contributed by atoms with Gasteiger partial charge in [-0.2, -0.15) is 0 Å². The van der Waals surface area contributed by atoms with Gasteiger partial charge in [-0.1, -0.05) is 0 Å². The minimum Gasteiger partial charge on any atom is -0.329 e. The lowest BCUT2D eigenvalue weighted by Gasteiger charge is -2.25. The molecule has 0 aliphatic carbocycles. The van der Waals surface area contributed by atoms with Crippen molar-refractivity contribution in [3.05, 3.63) is 24.5 Å². The summed E-state index contributed by atoms with van der Waals surface area (Å²) in [6, 6.07) is 2.68. The van der Waals surface area contributed by atoms with Gasteiger partial charge in [0.2, 0.25) is 5.91 Å². The van der Waals surface area contributed by atoms with Crippen LogP contribution < -0.4 is 5.73 Å². The van der Waals surface area contributed by atoms with Crippen molar-refractivity contribution >= 4 is 11.8 Å². The molecule has 1 fully saturated rings. The first-order valence-electron chi connectivity index (χ1n) is 5.84. The van der Waals surface area contributed by atoms with Crippen LogP contribution in [-0.2, 0) is 4.79 Å². The Bertz CT molecular complexity index is 411. The molecule has 17 heavy (non-hydrogen) atoms. The first-order valence-corrected chi connectivity index (χ1v) is 5.84. The van der Waals surface area contributed by atoms with E-state index in [1.807, 2.05) is 0 Å². The largest absolute Gasteiger partial charge is 0.329 e. The van der Waals surface area contributed by atoms with Gasteiger partial charge in [0.05, 0.1) is 6.04 Å². The van der Waals surface area contributed by atoms with Gasteiger partial charge in [-0.15, -0.1) is 0 Å². The maximum atomic E-state index is 12.2. The molecule has 5 nitrogen and oxygen atoms in total. The lowest BCUT2D eigenvalue weighted by molar-refractivity contribution is -0.132. The molecule has 1 saturated heterocycles. The van der Waals surface area contributed by atoms with Crippen LogP contribution >= 0.6 is 0 Å². The number of hydrogen-bond donors (Lipinski definition) is 1. The van der Waals surface area contributed by atoms with E-state index in [-0.39, 0.29) is 17.9 Å². The number of carbonyl (C=O) groups is 2. The zero-order valence-corrected chi connectivity index (χ0v) is 9.87. The first-order chi connectivity index (χ1) is 8.11. The second kappa shape index (κ2) is 4.71. The van der Waals surface area contributed by atoms with Gasteiger partial charge in [0, 0.05) is 18.9 Å². The molecule has 0 radical (unpaired) electrons. The highest BCUT2D eigenvalue weighted by Crippen LogP contribution is 2.19. The van der Waals surface area contributed by atoms with E-state index in [0.717, 1.165) is 12.8 Å². The summed E-state index contributed by atoms with van der Waals surface area (Å²) in [7, 11) is 0. The van der Waals surface area contributed by atoms with E-state index >= 15 is 0 Å². The molecule has 0 saturated carbocycles.